The molecule has 0 saturated carbocycles. The first-order valence-corrected chi connectivity index (χ1v) is 10.2. The second-order valence-electron chi connectivity index (χ2n) is 5.77. The van der Waals surface area contributed by atoms with E-state index in [-0.39, 0.29) is 11.7 Å². The minimum atomic E-state index is -0.138. The standard InChI is InChI=1S/C19H20N4O3S2/c1-12-4-6-13(7-5-12)21-18-22-23-19(28-18)27-11-17(24)20-14-8-9-15(25-2)16(10-14)26-3/h4-10H,11H2,1-3H3,(H,20,24)(H,21,22). The Morgan fingerprint density at radius 3 is 2.46 bits per heavy atom. The van der Waals surface area contributed by atoms with E-state index < -0.39 is 0 Å². The average molecular weight is 417 g/mol. The largest absolute Gasteiger partial charge is 0.493 e. The van der Waals surface area contributed by atoms with E-state index >= 15 is 0 Å². The van der Waals surface area contributed by atoms with Crippen LogP contribution in [0.4, 0.5) is 16.5 Å². The van der Waals surface area contributed by atoms with Gasteiger partial charge in [0.1, 0.15) is 0 Å². The van der Waals surface area contributed by atoms with E-state index in [4.69, 9.17) is 9.47 Å². The summed E-state index contributed by atoms with van der Waals surface area (Å²) >= 11 is 2.74. The van der Waals surface area contributed by atoms with Gasteiger partial charge in [-0.05, 0) is 31.2 Å². The van der Waals surface area contributed by atoms with Crippen molar-refractivity contribution in [2.24, 2.45) is 0 Å². The van der Waals surface area contributed by atoms with E-state index in [0.717, 1.165) is 10.0 Å². The third-order valence-electron chi connectivity index (χ3n) is 3.70. The number of hydrogen-bond acceptors (Lipinski definition) is 8. The van der Waals surface area contributed by atoms with Crippen LogP contribution >= 0.6 is 23.1 Å². The summed E-state index contributed by atoms with van der Waals surface area (Å²) in [7, 11) is 3.12. The van der Waals surface area contributed by atoms with Crippen molar-refractivity contribution in [3.05, 3.63) is 48.0 Å². The van der Waals surface area contributed by atoms with Gasteiger partial charge in [-0.2, -0.15) is 0 Å². The van der Waals surface area contributed by atoms with Crippen molar-refractivity contribution in [3.63, 3.8) is 0 Å². The SMILES string of the molecule is COc1ccc(NC(=O)CSc2nnc(Nc3ccc(C)cc3)s2)cc1OC. The summed E-state index contributed by atoms with van der Waals surface area (Å²) in [5.41, 5.74) is 2.78. The summed E-state index contributed by atoms with van der Waals surface area (Å²) < 4.78 is 11.2. The Labute approximate surface area is 171 Å². The number of nitrogens with zero attached hydrogens (tertiary/aromatic N) is 2. The maximum absolute atomic E-state index is 12.2. The van der Waals surface area contributed by atoms with Crippen molar-refractivity contribution in [1.29, 1.82) is 0 Å². The van der Waals surface area contributed by atoms with Crippen LogP contribution in [0.3, 0.4) is 0 Å². The van der Waals surface area contributed by atoms with Crippen LogP contribution in [-0.4, -0.2) is 36.1 Å². The number of methoxy groups -OCH3 is 2. The average Bonchev–Trinajstić information content (AvgIpc) is 3.15. The second kappa shape index (κ2) is 9.43. The first-order chi connectivity index (χ1) is 13.6. The van der Waals surface area contributed by atoms with Gasteiger partial charge in [0.15, 0.2) is 15.8 Å². The Morgan fingerprint density at radius 1 is 1.04 bits per heavy atom. The fourth-order valence-electron chi connectivity index (χ4n) is 2.32. The maximum Gasteiger partial charge on any atom is 0.234 e. The number of carbonyl (C=O) groups is 1. The topological polar surface area (TPSA) is 85.4 Å². The van der Waals surface area contributed by atoms with Crippen molar-refractivity contribution in [3.8, 4) is 11.5 Å². The fraction of sp³-hybridized carbons (Fsp3) is 0.211. The zero-order valence-corrected chi connectivity index (χ0v) is 17.3. The van der Waals surface area contributed by atoms with Crippen LogP contribution in [0.5, 0.6) is 11.5 Å². The Morgan fingerprint density at radius 2 is 1.75 bits per heavy atom. The zero-order chi connectivity index (χ0) is 19.9. The van der Waals surface area contributed by atoms with E-state index in [1.54, 1.807) is 32.4 Å². The van der Waals surface area contributed by atoms with E-state index in [9.17, 15) is 4.79 Å². The lowest BCUT2D eigenvalue weighted by molar-refractivity contribution is -0.113. The Hall–Kier alpha value is -2.78. The van der Waals surface area contributed by atoms with Crippen LogP contribution in [0.15, 0.2) is 46.8 Å². The first kappa shape index (κ1) is 20.0. The molecule has 1 heterocycles. The highest BCUT2D eigenvalue weighted by Crippen LogP contribution is 2.30. The number of ether oxygens (including phenoxy) is 2. The van der Waals surface area contributed by atoms with Crippen LogP contribution in [0, 0.1) is 6.92 Å². The monoisotopic (exact) mass is 416 g/mol. The van der Waals surface area contributed by atoms with Gasteiger partial charge in [-0.25, -0.2) is 0 Å². The molecule has 1 amide bonds. The molecule has 0 atom stereocenters. The number of nitrogens with one attached hydrogen (secondary N) is 2. The number of thioether (sulfide) groups is 1. The van der Waals surface area contributed by atoms with Gasteiger partial charge in [0.05, 0.1) is 20.0 Å². The fourth-order valence-corrected chi connectivity index (χ4v) is 3.89. The molecule has 0 radical (unpaired) electrons. The molecule has 1 aromatic heterocycles. The second-order valence-corrected chi connectivity index (χ2v) is 7.97. The van der Waals surface area contributed by atoms with Gasteiger partial charge >= 0.3 is 0 Å². The number of rotatable bonds is 8. The molecule has 0 aliphatic rings. The minimum Gasteiger partial charge on any atom is -0.493 e. The molecule has 2 aromatic carbocycles. The van der Waals surface area contributed by atoms with Crippen LogP contribution < -0.4 is 20.1 Å². The predicted molar refractivity (Wildman–Crippen MR) is 113 cm³/mol. The number of anilines is 3. The van der Waals surface area contributed by atoms with Crippen molar-refractivity contribution >= 4 is 45.5 Å². The highest BCUT2D eigenvalue weighted by atomic mass is 32.2. The van der Waals surface area contributed by atoms with Crippen molar-refractivity contribution in [2.75, 3.05) is 30.6 Å². The summed E-state index contributed by atoms with van der Waals surface area (Å²) in [5, 5.41) is 15.0. The molecular weight excluding hydrogens is 396 g/mol. The number of carbonyl (C=O) groups excluding carboxylic acids is 1. The minimum absolute atomic E-state index is 0.138. The summed E-state index contributed by atoms with van der Waals surface area (Å²) in [5.74, 6) is 1.26. The summed E-state index contributed by atoms with van der Waals surface area (Å²) in [6.07, 6.45) is 0. The van der Waals surface area contributed by atoms with Crippen LogP contribution in [-0.2, 0) is 4.79 Å². The Bertz CT molecular complexity index is 945. The third-order valence-corrected chi connectivity index (χ3v) is 5.68. The molecule has 0 fully saturated rings. The maximum atomic E-state index is 12.2. The molecule has 3 rings (SSSR count). The number of hydrogen-bond donors (Lipinski definition) is 2. The molecule has 0 unspecified atom stereocenters. The Kier molecular flexibility index (Phi) is 6.72. The van der Waals surface area contributed by atoms with Crippen molar-refractivity contribution in [1.82, 2.24) is 10.2 Å². The highest BCUT2D eigenvalue weighted by Gasteiger charge is 2.10. The van der Waals surface area contributed by atoms with Crippen LogP contribution in [0.1, 0.15) is 5.56 Å². The molecule has 0 aliphatic carbocycles. The van der Waals surface area contributed by atoms with E-state index in [1.807, 2.05) is 31.2 Å². The number of amides is 1. The highest BCUT2D eigenvalue weighted by molar-refractivity contribution is 8.01. The summed E-state index contributed by atoms with van der Waals surface area (Å²) in [6.45, 7) is 2.04. The van der Waals surface area contributed by atoms with E-state index in [0.29, 0.717) is 22.3 Å². The van der Waals surface area contributed by atoms with Crippen LogP contribution in [0.25, 0.3) is 0 Å². The lowest BCUT2D eigenvalue weighted by atomic mass is 10.2. The summed E-state index contributed by atoms with van der Waals surface area (Å²) in [4.78, 5) is 12.2. The number of aromatic nitrogens is 2. The molecule has 2 N–H and O–H groups in total. The molecular formula is C19H20N4O3S2. The lowest BCUT2D eigenvalue weighted by Crippen LogP contribution is -2.14. The first-order valence-electron chi connectivity index (χ1n) is 8.39. The molecule has 0 spiro atoms. The molecule has 0 bridgehead atoms. The quantitative estimate of drug-likeness (QED) is 0.528. The normalized spacial score (nSPS) is 10.4. The smallest absolute Gasteiger partial charge is 0.234 e. The predicted octanol–water partition coefficient (Wildman–Crippen LogP) is 4.34. The van der Waals surface area contributed by atoms with Gasteiger partial charge in [0, 0.05) is 17.4 Å². The molecule has 146 valence electrons. The molecule has 9 heteroatoms. The van der Waals surface area contributed by atoms with Gasteiger partial charge in [0.2, 0.25) is 11.0 Å². The van der Waals surface area contributed by atoms with Gasteiger partial charge < -0.3 is 20.1 Å². The number of aryl methyl sites for hydroxylation is 1. The van der Waals surface area contributed by atoms with Gasteiger partial charge in [-0.3, -0.25) is 4.79 Å². The Balaban J connectivity index is 1.52. The van der Waals surface area contributed by atoms with Crippen molar-refractivity contribution < 1.29 is 14.3 Å². The molecule has 0 saturated heterocycles. The molecule has 3 aromatic rings. The van der Waals surface area contributed by atoms with Crippen molar-refractivity contribution in [2.45, 2.75) is 11.3 Å². The van der Waals surface area contributed by atoms with E-state index in [2.05, 4.69) is 20.8 Å². The van der Waals surface area contributed by atoms with Crippen LogP contribution in [0.2, 0.25) is 0 Å². The molecule has 7 nitrogen and oxygen atoms in total. The third kappa shape index (κ3) is 5.37. The zero-order valence-electron chi connectivity index (χ0n) is 15.7. The van der Waals surface area contributed by atoms with E-state index in [1.165, 1.54) is 28.7 Å². The number of benzene rings is 2. The molecule has 28 heavy (non-hydrogen) atoms. The lowest BCUT2D eigenvalue weighted by Gasteiger charge is -2.10. The molecule has 0 aliphatic heterocycles. The van der Waals surface area contributed by atoms with Gasteiger partial charge in [-0.15, -0.1) is 10.2 Å². The summed E-state index contributed by atoms with van der Waals surface area (Å²) in [6, 6.07) is 13.2. The van der Waals surface area contributed by atoms with Gasteiger partial charge in [0.25, 0.3) is 0 Å². The van der Waals surface area contributed by atoms with Gasteiger partial charge in [-0.1, -0.05) is 40.8 Å².